The molecule has 0 spiro atoms. The molecule has 0 saturated heterocycles. The molecule has 4 rings (SSSR count). The van der Waals surface area contributed by atoms with E-state index in [4.69, 9.17) is 10.5 Å². The third-order valence-electron chi connectivity index (χ3n) is 4.56. The normalized spacial score (nSPS) is 15.8. The molecule has 1 atom stereocenters. The number of H-pyrrole nitrogens is 1. The van der Waals surface area contributed by atoms with Gasteiger partial charge in [-0.1, -0.05) is 0 Å². The van der Waals surface area contributed by atoms with Gasteiger partial charge >= 0.3 is 6.61 Å². The van der Waals surface area contributed by atoms with Crippen molar-refractivity contribution in [3.8, 4) is 17.0 Å². The number of amides is 1. The Balaban J connectivity index is 1.69. The van der Waals surface area contributed by atoms with Gasteiger partial charge in [-0.3, -0.25) is 9.89 Å². The predicted octanol–water partition coefficient (Wildman–Crippen LogP) is 3.31. The lowest BCUT2D eigenvalue weighted by molar-refractivity contribution is -0.111. The summed E-state index contributed by atoms with van der Waals surface area (Å²) in [7, 11) is 0. The number of ether oxygens (including phenoxy) is 1. The van der Waals surface area contributed by atoms with Crippen LogP contribution in [-0.2, 0) is 4.79 Å². The number of carbonyl (C=O) groups is 1. The molecule has 32 heavy (non-hydrogen) atoms. The maximum atomic E-state index is 13.1. The lowest BCUT2D eigenvalue weighted by atomic mass is 10.1. The van der Waals surface area contributed by atoms with E-state index < -0.39 is 12.5 Å². The highest BCUT2D eigenvalue weighted by molar-refractivity contribution is 7.99. The smallest absolute Gasteiger partial charge is 0.387 e. The molecule has 0 saturated carbocycles. The van der Waals surface area contributed by atoms with E-state index in [0.29, 0.717) is 16.9 Å². The number of aromatic nitrogens is 4. The highest BCUT2D eigenvalue weighted by Crippen LogP contribution is 2.43. The molecule has 12 heteroatoms. The molecule has 1 unspecified atom stereocenters. The van der Waals surface area contributed by atoms with Gasteiger partial charge in [-0.25, -0.2) is 9.97 Å². The van der Waals surface area contributed by atoms with Crippen LogP contribution < -0.4 is 21.1 Å². The van der Waals surface area contributed by atoms with Gasteiger partial charge < -0.3 is 21.1 Å². The average molecular weight is 459 g/mol. The van der Waals surface area contributed by atoms with Gasteiger partial charge in [0.15, 0.2) is 5.82 Å². The van der Waals surface area contributed by atoms with Crippen molar-refractivity contribution in [3.63, 3.8) is 0 Å². The Morgan fingerprint density at radius 3 is 2.88 bits per heavy atom. The number of nitrogens with one attached hydrogen (secondary N) is 3. The van der Waals surface area contributed by atoms with Crippen LogP contribution in [0.1, 0.15) is 12.7 Å². The van der Waals surface area contributed by atoms with Crippen LogP contribution in [0.4, 0.5) is 20.2 Å². The summed E-state index contributed by atoms with van der Waals surface area (Å²) in [6, 6.07) is 5.04. The SMILES string of the molecule is CC1CSc2cc(-c3[nH]ncc3NC(=O)C(=CN)c3ncccn3)c(OC(F)F)cc2N1. The number of benzene rings is 1. The van der Waals surface area contributed by atoms with Crippen LogP contribution in [0.15, 0.2) is 47.9 Å². The molecule has 3 heterocycles. The standard InChI is InChI=1S/C20H19F2N7O2S/c1-10-9-32-16-5-11(15(31-20(21)22)6-13(16)27-10)17-14(8-26-29-17)28-19(30)12(7-23)18-24-3-2-4-25-18/h2-8,10,20,27H,9,23H2,1H3,(H,26,29)(H,28,30). The Bertz CT molecular complexity index is 1150. The number of rotatable bonds is 6. The van der Waals surface area contributed by atoms with E-state index in [1.54, 1.807) is 23.9 Å². The number of anilines is 2. The highest BCUT2D eigenvalue weighted by atomic mass is 32.2. The third-order valence-corrected chi connectivity index (χ3v) is 5.88. The number of carbonyl (C=O) groups excluding carboxylic acids is 1. The van der Waals surface area contributed by atoms with E-state index in [0.717, 1.165) is 16.8 Å². The fraction of sp³-hybridized carbons (Fsp3) is 0.200. The van der Waals surface area contributed by atoms with Crippen molar-refractivity contribution in [1.29, 1.82) is 0 Å². The molecule has 166 valence electrons. The Hall–Kier alpha value is -3.67. The molecule has 1 amide bonds. The van der Waals surface area contributed by atoms with Crippen LogP contribution in [0.3, 0.4) is 0 Å². The molecule has 1 aliphatic rings. The minimum atomic E-state index is -3.02. The number of thioether (sulfide) groups is 1. The van der Waals surface area contributed by atoms with Gasteiger partial charge in [0.05, 0.1) is 28.8 Å². The number of fused-ring (bicyclic) bond motifs is 1. The van der Waals surface area contributed by atoms with Gasteiger partial charge in [0.2, 0.25) is 0 Å². The van der Waals surface area contributed by atoms with Crippen molar-refractivity contribution in [2.45, 2.75) is 24.5 Å². The molecule has 3 aromatic rings. The van der Waals surface area contributed by atoms with Crippen molar-refractivity contribution >= 4 is 34.6 Å². The summed E-state index contributed by atoms with van der Waals surface area (Å²) in [4.78, 5) is 21.7. The van der Waals surface area contributed by atoms with Crippen molar-refractivity contribution < 1.29 is 18.3 Å². The molecular weight excluding hydrogens is 440 g/mol. The van der Waals surface area contributed by atoms with E-state index in [1.165, 1.54) is 24.7 Å². The number of nitrogens with two attached hydrogens (primary N) is 1. The van der Waals surface area contributed by atoms with Gasteiger partial charge in [0.1, 0.15) is 5.75 Å². The highest BCUT2D eigenvalue weighted by Gasteiger charge is 2.24. The zero-order valence-corrected chi connectivity index (χ0v) is 17.6. The number of nitrogens with zero attached hydrogens (tertiary/aromatic N) is 3. The van der Waals surface area contributed by atoms with Gasteiger partial charge in [-0.2, -0.15) is 13.9 Å². The van der Waals surface area contributed by atoms with E-state index in [9.17, 15) is 13.6 Å². The average Bonchev–Trinajstić information content (AvgIpc) is 3.22. The summed E-state index contributed by atoms with van der Waals surface area (Å²) in [5, 5.41) is 12.7. The van der Waals surface area contributed by atoms with Crippen molar-refractivity contribution in [1.82, 2.24) is 20.2 Å². The minimum Gasteiger partial charge on any atom is -0.434 e. The Labute approximate surface area is 185 Å². The second-order valence-electron chi connectivity index (χ2n) is 6.84. The zero-order chi connectivity index (χ0) is 22.7. The number of hydrogen-bond donors (Lipinski definition) is 4. The molecule has 0 aliphatic carbocycles. The molecule has 1 aromatic carbocycles. The van der Waals surface area contributed by atoms with Crippen molar-refractivity contribution in [2.75, 3.05) is 16.4 Å². The van der Waals surface area contributed by atoms with Crippen LogP contribution in [0.2, 0.25) is 0 Å². The molecule has 5 N–H and O–H groups in total. The minimum absolute atomic E-state index is 0.0426. The molecular formula is C20H19F2N7O2S. The van der Waals surface area contributed by atoms with Crippen molar-refractivity contribution in [2.24, 2.45) is 5.73 Å². The summed E-state index contributed by atoms with van der Waals surface area (Å²) in [5.74, 6) is 0.322. The van der Waals surface area contributed by atoms with Gasteiger partial charge in [-0.15, -0.1) is 11.8 Å². The van der Waals surface area contributed by atoms with Crippen LogP contribution in [-0.4, -0.2) is 44.5 Å². The fourth-order valence-electron chi connectivity index (χ4n) is 3.17. The van der Waals surface area contributed by atoms with Crippen LogP contribution >= 0.6 is 11.8 Å². The first-order chi connectivity index (χ1) is 15.5. The van der Waals surface area contributed by atoms with E-state index in [-0.39, 0.29) is 28.9 Å². The maximum absolute atomic E-state index is 13.1. The zero-order valence-electron chi connectivity index (χ0n) is 16.8. The molecule has 0 bridgehead atoms. The van der Waals surface area contributed by atoms with E-state index in [2.05, 4.69) is 30.8 Å². The first-order valence-electron chi connectivity index (χ1n) is 9.52. The Kier molecular flexibility index (Phi) is 6.21. The summed E-state index contributed by atoms with van der Waals surface area (Å²) in [5.41, 5.74) is 7.25. The monoisotopic (exact) mass is 459 g/mol. The first-order valence-corrected chi connectivity index (χ1v) is 10.5. The number of alkyl halides is 2. The lowest BCUT2D eigenvalue weighted by Crippen LogP contribution is -2.22. The van der Waals surface area contributed by atoms with Crippen LogP contribution in [0, 0.1) is 0 Å². The van der Waals surface area contributed by atoms with Crippen LogP contribution in [0.5, 0.6) is 5.75 Å². The van der Waals surface area contributed by atoms with E-state index >= 15 is 0 Å². The lowest BCUT2D eigenvalue weighted by Gasteiger charge is -2.25. The second-order valence-corrected chi connectivity index (χ2v) is 7.91. The summed E-state index contributed by atoms with van der Waals surface area (Å²) in [6.07, 6.45) is 5.43. The number of aromatic amines is 1. The first kappa shape index (κ1) is 21.6. The van der Waals surface area contributed by atoms with Gasteiger partial charge in [0.25, 0.3) is 5.91 Å². The molecule has 2 aromatic heterocycles. The predicted molar refractivity (Wildman–Crippen MR) is 117 cm³/mol. The maximum Gasteiger partial charge on any atom is 0.387 e. The van der Waals surface area contributed by atoms with Crippen molar-refractivity contribution in [3.05, 3.63) is 48.8 Å². The Morgan fingerprint density at radius 1 is 1.38 bits per heavy atom. The topological polar surface area (TPSA) is 131 Å². The molecule has 0 radical (unpaired) electrons. The second kappa shape index (κ2) is 9.22. The summed E-state index contributed by atoms with van der Waals surface area (Å²) < 4.78 is 31.0. The van der Waals surface area contributed by atoms with Gasteiger partial charge in [-0.05, 0) is 19.1 Å². The fourth-order valence-corrected chi connectivity index (χ4v) is 4.16. The van der Waals surface area contributed by atoms with E-state index in [1.807, 2.05) is 6.92 Å². The summed E-state index contributed by atoms with van der Waals surface area (Å²) >= 11 is 1.59. The quantitative estimate of drug-likeness (QED) is 0.413. The van der Waals surface area contributed by atoms with Crippen LogP contribution in [0.25, 0.3) is 16.8 Å². The largest absolute Gasteiger partial charge is 0.434 e. The molecule has 0 fully saturated rings. The Morgan fingerprint density at radius 2 is 2.16 bits per heavy atom. The number of halogens is 2. The number of hydrogen-bond acceptors (Lipinski definition) is 8. The van der Waals surface area contributed by atoms with Gasteiger partial charge in [0, 0.05) is 46.9 Å². The molecule has 9 nitrogen and oxygen atoms in total. The molecule has 1 aliphatic heterocycles. The summed E-state index contributed by atoms with van der Waals surface area (Å²) in [6.45, 7) is -1.03. The third kappa shape index (κ3) is 4.49.